The van der Waals surface area contributed by atoms with Crippen molar-refractivity contribution in [2.24, 2.45) is 0 Å². The monoisotopic (exact) mass is 476 g/mol. The van der Waals surface area contributed by atoms with E-state index in [2.05, 4.69) is 20.9 Å². The van der Waals surface area contributed by atoms with E-state index in [1.54, 1.807) is 54.6 Å². The molecule has 0 aliphatic carbocycles. The van der Waals surface area contributed by atoms with Gasteiger partial charge in [0, 0.05) is 23.4 Å². The molecule has 5 N–H and O–H groups in total. The third kappa shape index (κ3) is 5.48. The van der Waals surface area contributed by atoms with E-state index in [9.17, 15) is 24.6 Å². The van der Waals surface area contributed by atoms with Crippen LogP contribution in [0.5, 0.6) is 11.5 Å². The first-order valence-electron chi connectivity index (χ1n) is 10.2. The van der Waals surface area contributed by atoms with Crippen molar-refractivity contribution in [1.82, 2.24) is 10.3 Å². The number of phenols is 2. The van der Waals surface area contributed by atoms with Crippen molar-refractivity contribution in [2.45, 2.75) is 12.5 Å². The van der Waals surface area contributed by atoms with Crippen molar-refractivity contribution in [3.63, 3.8) is 0 Å². The van der Waals surface area contributed by atoms with Crippen LogP contribution in [0.3, 0.4) is 0 Å². The van der Waals surface area contributed by atoms with E-state index in [1.807, 2.05) is 6.07 Å². The molecule has 4 aromatic rings. The lowest BCUT2D eigenvalue weighted by molar-refractivity contribution is -0.122. The molecule has 0 spiro atoms. The molecule has 0 saturated heterocycles. The zero-order valence-electron chi connectivity index (χ0n) is 17.7. The number of hydrogen-bond donors (Lipinski definition) is 5. The Morgan fingerprint density at radius 3 is 2.24 bits per heavy atom. The number of aromatic nitrogens is 1. The number of carbonyl (C=O) groups excluding carboxylic acids is 3. The van der Waals surface area contributed by atoms with Crippen LogP contribution in [-0.4, -0.2) is 39.0 Å². The number of phenolic OH excluding ortho intramolecular Hbond substituents is 2. The van der Waals surface area contributed by atoms with Crippen LogP contribution in [0.4, 0.5) is 10.8 Å². The van der Waals surface area contributed by atoms with Crippen molar-refractivity contribution < 1.29 is 24.6 Å². The second kappa shape index (κ2) is 10.0. The lowest BCUT2D eigenvalue weighted by Gasteiger charge is -2.17. The Kier molecular flexibility index (Phi) is 6.69. The molecule has 0 aliphatic heterocycles. The predicted octanol–water partition coefficient (Wildman–Crippen LogP) is 3.47. The summed E-state index contributed by atoms with van der Waals surface area (Å²) in [5.41, 5.74) is 1.28. The minimum Gasteiger partial charge on any atom is -0.504 e. The third-order valence-corrected chi connectivity index (χ3v) is 5.75. The molecule has 4 rings (SSSR count). The number of aromatic hydroxyl groups is 2. The average molecular weight is 477 g/mol. The van der Waals surface area contributed by atoms with Crippen molar-refractivity contribution >= 4 is 50.1 Å². The highest BCUT2D eigenvalue weighted by molar-refractivity contribution is 7.22. The van der Waals surface area contributed by atoms with Gasteiger partial charge in [0.05, 0.1) is 16.6 Å². The average Bonchev–Trinajstić information content (AvgIpc) is 3.20. The SMILES string of the molecule is O=C(C[C@H](NC(=O)c1ccccc1)C(=O)Nc1nc2cc(O)c(O)cc2s1)Nc1ccccc1. The number of fused-ring (bicyclic) bond motifs is 1. The van der Waals surface area contributed by atoms with Crippen LogP contribution in [0.2, 0.25) is 0 Å². The van der Waals surface area contributed by atoms with E-state index in [4.69, 9.17) is 0 Å². The number of carbonyl (C=O) groups is 3. The standard InChI is InChI=1S/C24H20N4O5S/c29-18-11-16-20(13-19(18)30)34-24(27-16)28-23(33)17(26-22(32)14-7-3-1-4-8-14)12-21(31)25-15-9-5-2-6-10-15/h1-11,13,17,29-30H,12H2,(H,25,31)(H,26,32)(H,27,28,33)/t17-/m0/s1. The Labute approximate surface area is 198 Å². The summed E-state index contributed by atoms with van der Waals surface area (Å²) in [5, 5.41) is 27.4. The molecule has 1 atom stereocenters. The van der Waals surface area contributed by atoms with E-state index in [0.717, 1.165) is 11.3 Å². The molecule has 0 saturated carbocycles. The summed E-state index contributed by atoms with van der Waals surface area (Å²) in [4.78, 5) is 42.5. The van der Waals surface area contributed by atoms with E-state index in [1.165, 1.54) is 12.1 Å². The van der Waals surface area contributed by atoms with Crippen molar-refractivity contribution in [1.29, 1.82) is 0 Å². The van der Waals surface area contributed by atoms with Gasteiger partial charge in [-0.05, 0) is 24.3 Å². The fraction of sp³-hybridized carbons (Fsp3) is 0.0833. The van der Waals surface area contributed by atoms with Gasteiger partial charge in [0.25, 0.3) is 5.91 Å². The van der Waals surface area contributed by atoms with E-state index < -0.39 is 23.8 Å². The fourth-order valence-corrected chi connectivity index (χ4v) is 4.04. The number of rotatable bonds is 7. The van der Waals surface area contributed by atoms with Crippen LogP contribution in [0.25, 0.3) is 10.2 Å². The van der Waals surface area contributed by atoms with Gasteiger partial charge in [-0.25, -0.2) is 4.98 Å². The quantitative estimate of drug-likeness (QED) is 0.259. The summed E-state index contributed by atoms with van der Waals surface area (Å²) in [6.45, 7) is 0. The Morgan fingerprint density at radius 1 is 0.882 bits per heavy atom. The molecule has 3 amide bonds. The van der Waals surface area contributed by atoms with Crippen LogP contribution in [0.15, 0.2) is 72.8 Å². The van der Waals surface area contributed by atoms with E-state index >= 15 is 0 Å². The maximum Gasteiger partial charge on any atom is 0.251 e. The van der Waals surface area contributed by atoms with Crippen LogP contribution in [0.1, 0.15) is 16.8 Å². The van der Waals surface area contributed by atoms with Gasteiger partial charge in [0.1, 0.15) is 6.04 Å². The Bertz CT molecular complexity index is 1300. The van der Waals surface area contributed by atoms with Crippen LogP contribution >= 0.6 is 11.3 Å². The molecule has 1 heterocycles. The molecule has 0 radical (unpaired) electrons. The Morgan fingerprint density at radius 2 is 1.53 bits per heavy atom. The number of benzene rings is 3. The van der Waals surface area contributed by atoms with Crippen LogP contribution in [0, 0.1) is 0 Å². The minimum absolute atomic E-state index is 0.187. The summed E-state index contributed by atoms with van der Waals surface area (Å²) in [5.74, 6) is -2.24. The Balaban J connectivity index is 1.52. The first-order chi connectivity index (χ1) is 16.4. The molecule has 10 heteroatoms. The summed E-state index contributed by atoms with van der Waals surface area (Å²) < 4.78 is 0.539. The van der Waals surface area contributed by atoms with Gasteiger partial charge in [-0.3, -0.25) is 14.4 Å². The first kappa shape index (κ1) is 22.7. The second-order valence-electron chi connectivity index (χ2n) is 7.33. The largest absolute Gasteiger partial charge is 0.504 e. The number of para-hydroxylation sites is 1. The van der Waals surface area contributed by atoms with Gasteiger partial charge in [0.15, 0.2) is 16.6 Å². The summed E-state index contributed by atoms with van der Waals surface area (Å²) in [6, 6.07) is 18.5. The fourth-order valence-electron chi connectivity index (χ4n) is 3.16. The minimum atomic E-state index is -1.19. The lowest BCUT2D eigenvalue weighted by atomic mass is 10.1. The van der Waals surface area contributed by atoms with E-state index in [-0.39, 0.29) is 23.1 Å². The molecule has 1 aromatic heterocycles. The first-order valence-corrected chi connectivity index (χ1v) is 11.0. The molecule has 0 fully saturated rings. The number of amides is 3. The van der Waals surface area contributed by atoms with E-state index in [0.29, 0.717) is 21.5 Å². The number of thiazole rings is 1. The molecule has 172 valence electrons. The number of nitrogens with one attached hydrogen (secondary N) is 3. The number of nitrogens with zero attached hydrogens (tertiary/aromatic N) is 1. The molecular weight excluding hydrogens is 456 g/mol. The molecule has 3 aromatic carbocycles. The van der Waals surface area contributed by atoms with Gasteiger partial charge in [-0.15, -0.1) is 0 Å². The highest BCUT2D eigenvalue weighted by Gasteiger charge is 2.25. The Hall–Kier alpha value is -4.44. The number of hydrogen-bond acceptors (Lipinski definition) is 7. The molecule has 9 nitrogen and oxygen atoms in total. The van der Waals surface area contributed by atoms with Gasteiger partial charge >= 0.3 is 0 Å². The number of anilines is 2. The summed E-state index contributed by atoms with van der Waals surface area (Å²) >= 11 is 1.08. The molecule has 0 aliphatic rings. The summed E-state index contributed by atoms with van der Waals surface area (Å²) in [7, 11) is 0. The normalized spacial score (nSPS) is 11.5. The van der Waals surface area contributed by atoms with Gasteiger partial charge in [-0.2, -0.15) is 0 Å². The highest BCUT2D eigenvalue weighted by atomic mass is 32.1. The smallest absolute Gasteiger partial charge is 0.251 e. The molecular formula is C24H20N4O5S. The zero-order valence-corrected chi connectivity index (χ0v) is 18.5. The zero-order chi connectivity index (χ0) is 24.1. The lowest BCUT2D eigenvalue weighted by Crippen LogP contribution is -2.45. The third-order valence-electron chi connectivity index (χ3n) is 4.82. The van der Waals surface area contributed by atoms with Crippen LogP contribution < -0.4 is 16.0 Å². The predicted molar refractivity (Wildman–Crippen MR) is 129 cm³/mol. The van der Waals surface area contributed by atoms with Crippen molar-refractivity contribution in [2.75, 3.05) is 10.6 Å². The van der Waals surface area contributed by atoms with Crippen molar-refractivity contribution in [3.8, 4) is 11.5 Å². The second-order valence-corrected chi connectivity index (χ2v) is 8.36. The summed E-state index contributed by atoms with van der Waals surface area (Å²) in [6.07, 6.45) is -0.314. The highest BCUT2D eigenvalue weighted by Crippen LogP contribution is 2.34. The molecule has 0 unspecified atom stereocenters. The van der Waals surface area contributed by atoms with Crippen LogP contribution in [-0.2, 0) is 9.59 Å². The maximum atomic E-state index is 13.0. The van der Waals surface area contributed by atoms with Gasteiger partial charge < -0.3 is 26.2 Å². The molecule has 0 bridgehead atoms. The topological polar surface area (TPSA) is 141 Å². The maximum absolute atomic E-state index is 13.0. The van der Waals surface area contributed by atoms with Gasteiger partial charge in [0.2, 0.25) is 11.8 Å². The molecule has 34 heavy (non-hydrogen) atoms. The van der Waals surface area contributed by atoms with Gasteiger partial charge in [-0.1, -0.05) is 47.7 Å². The van der Waals surface area contributed by atoms with Crippen molar-refractivity contribution in [3.05, 3.63) is 78.4 Å².